The summed E-state index contributed by atoms with van der Waals surface area (Å²) in [5, 5.41) is 1.24. The van der Waals surface area contributed by atoms with E-state index in [1.807, 2.05) is 23.2 Å². The van der Waals surface area contributed by atoms with Crippen LogP contribution in [-0.2, 0) is 4.79 Å². The summed E-state index contributed by atoms with van der Waals surface area (Å²) in [6.07, 6.45) is 11.7. The van der Waals surface area contributed by atoms with Gasteiger partial charge in [0.25, 0.3) is 0 Å². The van der Waals surface area contributed by atoms with Crippen LogP contribution in [0.1, 0.15) is 49.4 Å². The number of pyridine rings is 1. The highest BCUT2D eigenvalue weighted by molar-refractivity contribution is 5.98. The van der Waals surface area contributed by atoms with Gasteiger partial charge in [-0.2, -0.15) is 0 Å². The molecule has 32 heavy (non-hydrogen) atoms. The van der Waals surface area contributed by atoms with Crippen molar-refractivity contribution in [3.8, 4) is 11.1 Å². The highest BCUT2D eigenvalue weighted by Crippen LogP contribution is 2.39. The van der Waals surface area contributed by atoms with Crippen LogP contribution < -0.4 is 0 Å². The molecule has 1 N–H and O–H groups in total. The third-order valence-electron chi connectivity index (χ3n) is 6.64. The summed E-state index contributed by atoms with van der Waals surface area (Å²) >= 11 is 0. The Morgan fingerprint density at radius 1 is 1.19 bits per heavy atom. The van der Waals surface area contributed by atoms with Crippen molar-refractivity contribution in [1.82, 2.24) is 24.4 Å². The first-order valence-corrected chi connectivity index (χ1v) is 11.4. The number of nitrogens with one attached hydrogen (secondary N) is 1. The molecular weight excluding hydrogens is 398 g/mol. The second-order valence-corrected chi connectivity index (χ2v) is 8.94. The standard InChI is InChI=1S/C26H29N5O/c1-18-5-6-23-22(14-18)25(20-7-9-27-10-8-20)26(29-23)21-4-3-12-30(16-21)24(32)15-19(2)31-13-11-28-17-31/h5-11,13-14,17,19,21,29H,3-4,12,15-16H2,1-2H3. The lowest BCUT2D eigenvalue weighted by Crippen LogP contribution is -2.40. The maximum Gasteiger partial charge on any atom is 0.224 e. The van der Waals surface area contributed by atoms with Gasteiger partial charge < -0.3 is 14.5 Å². The van der Waals surface area contributed by atoms with Crippen molar-refractivity contribution in [3.05, 3.63) is 72.7 Å². The molecule has 6 nitrogen and oxygen atoms in total. The number of aromatic nitrogens is 4. The van der Waals surface area contributed by atoms with E-state index >= 15 is 0 Å². The van der Waals surface area contributed by atoms with E-state index in [-0.39, 0.29) is 17.9 Å². The van der Waals surface area contributed by atoms with Gasteiger partial charge in [-0.25, -0.2) is 4.98 Å². The number of hydrogen-bond acceptors (Lipinski definition) is 3. The summed E-state index contributed by atoms with van der Waals surface area (Å²) in [7, 11) is 0. The lowest BCUT2D eigenvalue weighted by atomic mass is 9.89. The Labute approximate surface area is 188 Å². The minimum atomic E-state index is 0.105. The Hall–Kier alpha value is -3.41. The average molecular weight is 428 g/mol. The molecule has 1 amide bonds. The fourth-order valence-corrected chi connectivity index (χ4v) is 4.92. The molecular formula is C26H29N5O. The Balaban J connectivity index is 1.44. The minimum absolute atomic E-state index is 0.105. The summed E-state index contributed by atoms with van der Waals surface area (Å²) in [4.78, 5) is 27.2. The Kier molecular flexibility index (Phi) is 5.52. The van der Waals surface area contributed by atoms with Crippen molar-refractivity contribution in [2.24, 2.45) is 0 Å². The zero-order valence-corrected chi connectivity index (χ0v) is 18.7. The van der Waals surface area contributed by atoms with E-state index < -0.39 is 0 Å². The molecule has 0 saturated carbocycles. The third kappa shape index (κ3) is 3.93. The number of rotatable bonds is 5. The Morgan fingerprint density at radius 3 is 2.81 bits per heavy atom. The molecule has 1 saturated heterocycles. The fraction of sp³-hybridized carbons (Fsp3) is 0.346. The molecule has 0 radical (unpaired) electrons. The van der Waals surface area contributed by atoms with Crippen molar-refractivity contribution in [1.29, 1.82) is 0 Å². The van der Waals surface area contributed by atoms with Gasteiger partial charge in [-0.3, -0.25) is 9.78 Å². The zero-order chi connectivity index (χ0) is 22.1. The maximum absolute atomic E-state index is 13.1. The number of carbonyl (C=O) groups excluding carboxylic acids is 1. The van der Waals surface area contributed by atoms with Crippen LogP contribution in [0.3, 0.4) is 0 Å². The number of fused-ring (bicyclic) bond motifs is 1. The van der Waals surface area contributed by atoms with Crippen LogP contribution >= 0.6 is 0 Å². The summed E-state index contributed by atoms with van der Waals surface area (Å²) in [6.45, 7) is 5.78. The smallest absolute Gasteiger partial charge is 0.224 e. The van der Waals surface area contributed by atoms with Crippen molar-refractivity contribution in [2.75, 3.05) is 13.1 Å². The topological polar surface area (TPSA) is 66.8 Å². The molecule has 4 aromatic rings. The number of H-pyrrole nitrogens is 1. The first-order chi connectivity index (χ1) is 15.6. The quantitative estimate of drug-likeness (QED) is 0.482. The molecule has 6 heteroatoms. The number of nitrogens with zero attached hydrogens (tertiary/aromatic N) is 4. The SMILES string of the molecule is Cc1ccc2[nH]c(C3CCCN(C(=O)CC(C)n4ccnc4)C3)c(-c3ccncc3)c2c1. The summed E-state index contributed by atoms with van der Waals surface area (Å²) in [5.41, 5.74) is 6.04. The van der Waals surface area contributed by atoms with Crippen LogP contribution in [0, 0.1) is 6.92 Å². The number of piperidine rings is 1. The lowest BCUT2D eigenvalue weighted by molar-refractivity contribution is -0.133. The van der Waals surface area contributed by atoms with Gasteiger partial charge in [0.15, 0.2) is 0 Å². The number of hydrogen-bond donors (Lipinski definition) is 1. The van der Waals surface area contributed by atoms with Gasteiger partial charge >= 0.3 is 0 Å². The van der Waals surface area contributed by atoms with Gasteiger partial charge in [0.05, 0.1) is 6.33 Å². The third-order valence-corrected chi connectivity index (χ3v) is 6.64. The highest BCUT2D eigenvalue weighted by atomic mass is 16.2. The number of imidazole rings is 1. The van der Waals surface area contributed by atoms with Crippen LogP contribution in [-0.4, -0.2) is 43.4 Å². The fourth-order valence-electron chi connectivity index (χ4n) is 4.92. The molecule has 1 aromatic carbocycles. The molecule has 1 fully saturated rings. The van der Waals surface area contributed by atoms with Crippen LogP contribution in [0.4, 0.5) is 0 Å². The molecule has 5 rings (SSSR count). The average Bonchev–Trinajstić information content (AvgIpc) is 3.48. The first-order valence-electron chi connectivity index (χ1n) is 11.4. The molecule has 0 bridgehead atoms. The van der Waals surface area contributed by atoms with E-state index in [2.05, 4.69) is 64.0 Å². The molecule has 2 unspecified atom stereocenters. The number of benzene rings is 1. The summed E-state index contributed by atoms with van der Waals surface area (Å²) < 4.78 is 2.00. The van der Waals surface area contributed by atoms with E-state index in [0.717, 1.165) is 31.4 Å². The number of amides is 1. The largest absolute Gasteiger partial charge is 0.358 e. The molecule has 2 atom stereocenters. The second kappa shape index (κ2) is 8.61. The van der Waals surface area contributed by atoms with E-state index in [0.29, 0.717) is 6.42 Å². The molecule has 1 aliphatic rings. The van der Waals surface area contributed by atoms with Crippen LogP contribution in [0.2, 0.25) is 0 Å². The highest BCUT2D eigenvalue weighted by Gasteiger charge is 2.29. The maximum atomic E-state index is 13.1. The normalized spacial score (nSPS) is 17.6. The van der Waals surface area contributed by atoms with Crippen LogP contribution in [0.25, 0.3) is 22.0 Å². The van der Waals surface area contributed by atoms with Crippen molar-refractivity contribution in [2.45, 2.75) is 45.1 Å². The monoisotopic (exact) mass is 427 g/mol. The van der Waals surface area contributed by atoms with Gasteiger partial charge in [-0.15, -0.1) is 0 Å². The van der Waals surface area contributed by atoms with Crippen LogP contribution in [0.5, 0.6) is 0 Å². The van der Waals surface area contributed by atoms with Gasteiger partial charge in [-0.05, 0) is 56.5 Å². The summed E-state index contributed by atoms with van der Waals surface area (Å²) in [6, 6.07) is 10.8. The van der Waals surface area contributed by atoms with Gasteiger partial charge in [-0.1, -0.05) is 11.6 Å². The van der Waals surface area contributed by atoms with E-state index in [4.69, 9.17) is 0 Å². The molecule has 164 valence electrons. The van der Waals surface area contributed by atoms with Crippen molar-refractivity contribution < 1.29 is 4.79 Å². The van der Waals surface area contributed by atoms with E-state index in [9.17, 15) is 4.79 Å². The summed E-state index contributed by atoms with van der Waals surface area (Å²) in [5.74, 6) is 0.500. The number of likely N-dealkylation sites (tertiary alicyclic amines) is 1. The number of carbonyl (C=O) groups is 1. The lowest BCUT2D eigenvalue weighted by Gasteiger charge is -2.33. The predicted octanol–water partition coefficient (Wildman–Crippen LogP) is 5.09. The molecule has 0 aliphatic carbocycles. The molecule has 1 aliphatic heterocycles. The van der Waals surface area contributed by atoms with Gasteiger partial charge in [0, 0.05) is 78.4 Å². The van der Waals surface area contributed by atoms with Gasteiger partial charge in [0.2, 0.25) is 5.91 Å². The molecule has 4 heterocycles. The molecule has 0 spiro atoms. The second-order valence-electron chi connectivity index (χ2n) is 8.94. The van der Waals surface area contributed by atoms with Gasteiger partial charge in [0.1, 0.15) is 0 Å². The van der Waals surface area contributed by atoms with E-state index in [1.54, 1.807) is 12.5 Å². The molecule has 3 aromatic heterocycles. The first kappa shape index (κ1) is 20.5. The number of aryl methyl sites for hydroxylation is 1. The van der Waals surface area contributed by atoms with Crippen molar-refractivity contribution in [3.63, 3.8) is 0 Å². The van der Waals surface area contributed by atoms with E-state index in [1.165, 1.54) is 27.8 Å². The Bertz CT molecular complexity index is 1210. The zero-order valence-electron chi connectivity index (χ0n) is 18.7. The predicted molar refractivity (Wildman–Crippen MR) is 126 cm³/mol. The minimum Gasteiger partial charge on any atom is -0.358 e. The Morgan fingerprint density at radius 2 is 2.03 bits per heavy atom. The number of aromatic amines is 1. The van der Waals surface area contributed by atoms with Crippen LogP contribution in [0.15, 0.2) is 61.4 Å². The van der Waals surface area contributed by atoms with Crippen molar-refractivity contribution >= 4 is 16.8 Å².